The van der Waals surface area contributed by atoms with E-state index in [1.807, 2.05) is 0 Å². The Labute approximate surface area is 109 Å². The van der Waals surface area contributed by atoms with Crippen molar-refractivity contribution in [2.24, 2.45) is 17.8 Å². The summed E-state index contributed by atoms with van der Waals surface area (Å²) in [6.45, 7) is 2.73. The molecule has 3 unspecified atom stereocenters. The second-order valence-electron chi connectivity index (χ2n) is 5.08. The number of hydrogen-bond donors (Lipinski definition) is 1. The topological polar surface area (TPSA) is 57.6 Å². The van der Waals surface area contributed by atoms with E-state index in [0.717, 1.165) is 4.90 Å². The molecule has 7 heteroatoms. The number of carbonyl (C=O) groups excluding carboxylic acids is 1. The van der Waals surface area contributed by atoms with Crippen molar-refractivity contribution in [2.75, 3.05) is 13.1 Å². The first-order chi connectivity index (χ1) is 8.64. The van der Waals surface area contributed by atoms with Gasteiger partial charge in [-0.25, -0.2) is 0 Å². The van der Waals surface area contributed by atoms with Crippen LogP contribution in [0.2, 0.25) is 0 Å². The Balaban J connectivity index is 2.69. The van der Waals surface area contributed by atoms with Crippen molar-refractivity contribution in [3.8, 4) is 0 Å². The Bertz CT molecular complexity index is 357. The van der Waals surface area contributed by atoms with E-state index >= 15 is 0 Å². The highest BCUT2D eigenvalue weighted by molar-refractivity contribution is 5.84. The highest BCUT2D eigenvalue weighted by Gasteiger charge is 2.43. The standard InChI is InChI=1S/C12H18F3NO3/c1-7(8(2)11(18)19)10(17)16-5-3-4-9(6-16)12(13,14)15/h7-9H,3-6H2,1-2H3,(H,18,19). The first-order valence-corrected chi connectivity index (χ1v) is 6.23. The van der Waals surface area contributed by atoms with Gasteiger partial charge in [-0.05, 0) is 12.8 Å². The number of nitrogens with zero attached hydrogens (tertiary/aromatic N) is 1. The largest absolute Gasteiger partial charge is 0.481 e. The van der Waals surface area contributed by atoms with Crippen LogP contribution in [0.4, 0.5) is 13.2 Å². The van der Waals surface area contributed by atoms with E-state index in [4.69, 9.17) is 5.11 Å². The second-order valence-corrected chi connectivity index (χ2v) is 5.08. The van der Waals surface area contributed by atoms with Crippen molar-refractivity contribution < 1.29 is 27.9 Å². The van der Waals surface area contributed by atoms with E-state index in [2.05, 4.69) is 0 Å². The summed E-state index contributed by atoms with van der Waals surface area (Å²) < 4.78 is 37.9. The normalized spacial score (nSPS) is 23.8. The van der Waals surface area contributed by atoms with E-state index in [0.29, 0.717) is 6.42 Å². The van der Waals surface area contributed by atoms with E-state index in [9.17, 15) is 22.8 Å². The van der Waals surface area contributed by atoms with Crippen LogP contribution in [0.15, 0.2) is 0 Å². The SMILES string of the molecule is CC(C(=O)O)C(C)C(=O)N1CCCC(C(F)(F)F)C1. The van der Waals surface area contributed by atoms with Crippen LogP contribution in [-0.2, 0) is 9.59 Å². The van der Waals surface area contributed by atoms with Gasteiger partial charge in [-0.3, -0.25) is 9.59 Å². The van der Waals surface area contributed by atoms with Gasteiger partial charge >= 0.3 is 12.1 Å². The summed E-state index contributed by atoms with van der Waals surface area (Å²) in [5.74, 6) is -4.85. The van der Waals surface area contributed by atoms with Gasteiger partial charge in [0.1, 0.15) is 0 Å². The van der Waals surface area contributed by atoms with Crippen molar-refractivity contribution in [2.45, 2.75) is 32.9 Å². The first-order valence-electron chi connectivity index (χ1n) is 6.23. The lowest BCUT2D eigenvalue weighted by molar-refractivity contribution is -0.189. The highest BCUT2D eigenvalue weighted by Crippen LogP contribution is 2.33. The predicted octanol–water partition coefficient (Wildman–Crippen LogP) is 2.14. The van der Waals surface area contributed by atoms with Crippen molar-refractivity contribution in [3.63, 3.8) is 0 Å². The number of carbonyl (C=O) groups is 2. The fourth-order valence-corrected chi connectivity index (χ4v) is 2.16. The Morgan fingerprint density at radius 1 is 1.26 bits per heavy atom. The lowest BCUT2D eigenvalue weighted by atomic mass is 9.91. The summed E-state index contributed by atoms with van der Waals surface area (Å²) in [5.41, 5.74) is 0. The number of rotatable bonds is 3. The van der Waals surface area contributed by atoms with Gasteiger partial charge in [-0.1, -0.05) is 13.8 Å². The number of carboxylic acid groups (broad SMARTS) is 1. The quantitative estimate of drug-likeness (QED) is 0.862. The molecular weight excluding hydrogens is 263 g/mol. The van der Waals surface area contributed by atoms with E-state index < -0.39 is 35.8 Å². The average molecular weight is 281 g/mol. The van der Waals surface area contributed by atoms with Crippen molar-refractivity contribution >= 4 is 11.9 Å². The zero-order valence-electron chi connectivity index (χ0n) is 10.9. The number of hydrogen-bond acceptors (Lipinski definition) is 2. The third-order valence-electron chi connectivity index (χ3n) is 3.73. The number of likely N-dealkylation sites (tertiary alicyclic amines) is 1. The molecule has 0 bridgehead atoms. The molecular formula is C12H18F3NO3. The molecule has 0 aromatic rings. The van der Waals surface area contributed by atoms with Crippen molar-refractivity contribution in [1.29, 1.82) is 0 Å². The van der Waals surface area contributed by atoms with Gasteiger partial charge in [0.25, 0.3) is 0 Å². The zero-order valence-corrected chi connectivity index (χ0v) is 10.9. The zero-order chi connectivity index (χ0) is 14.8. The minimum atomic E-state index is -4.30. The summed E-state index contributed by atoms with van der Waals surface area (Å²) in [7, 11) is 0. The molecule has 4 nitrogen and oxygen atoms in total. The Morgan fingerprint density at radius 2 is 1.84 bits per heavy atom. The maximum absolute atomic E-state index is 12.6. The molecule has 1 aliphatic rings. The number of alkyl halides is 3. The molecule has 1 aliphatic heterocycles. The molecule has 110 valence electrons. The predicted molar refractivity (Wildman–Crippen MR) is 61.3 cm³/mol. The van der Waals surface area contributed by atoms with Crippen LogP contribution in [0.3, 0.4) is 0 Å². The minimum absolute atomic E-state index is 0.0240. The van der Waals surface area contributed by atoms with E-state index in [-0.39, 0.29) is 19.5 Å². The minimum Gasteiger partial charge on any atom is -0.481 e. The molecule has 1 fully saturated rings. The van der Waals surface area contributed by atoms with Crippen LogP contribution in [0, 0.1) is 17.8 Å². The van der Waals surface area contributed by atoms with Crippen LogP contribution in [0.1, 0.15) is 26.7 Å². The number of halogens is 3. The monoisotopic (exact) mass is 281 g/mol. The Morgan fingerprint density at radius 3 is 2.32 bits per heavy atom. The molecule has 1 heterocycles. The van der Waals surface area contributed by atoms with Crippen LogP contribution in [-0.4, -0.2) is 41.1 Å². The van der Waals surface area contributed by atoms with Crippen LogP contribution in [0.25, 0.3) is 0 Å². The van der Waals surface area contributed by atoms with Gasteiger partial charge in [0, 0.05) is 19.0 Å². The third-order valence-corrected chi connectivity index (χ3v) is 3.73. The van der Waals surface area contributed by atoms with E-state index in [1.165, 1.54) is 13.8 Å². The summed E-state index contributed by atoms with van der Waals surface area (Å²) in [6.07, 6.45) is -3.99. The summed E-state index contributed by atoms with van der Waals surface area (Å²) in [5, 5.41) is 8.83. The molecule has 1 amide bonds. The summed E-state index contributed by atoms with van der Waals surface area (Å²) in [4.78, 5) is 24.0. The molecule has 0 aromatic heterocycles. The molecule has 1 N–H and O–H groups in total. The van der Waals surface area contributed by atoms with E-state index in [1.54, 1.807) is 0 Å². The lowest BCUT2D eigenvalue weighted by Gasteiger charge is -2.35. The molecule has 0 aromatic carbocycles. The van der Waals surface area contributed by atoms with Gasteiger partial charge in [0.2, 0.25) is 5.91 Å². The van der Waals surface area contributed by atoms with Gasteiger partial charge in [-0.2, -0.15) is 13.2 Å². The second kappa shape index (κ2) is 5.79. The van der Waals surface area contributed by atoms with Gasteiger partial charge in [-0.15, -0.1) is 0 Å². The average Bonchev–Trinajstić information content (AvgIpc) is 2.35. The van der Waals surface area contributed by atoms with Crippen LogP contribution < -0.4 is 0 Å². The Kier molecular flexibility index (Phi) is 4.81. The third kappa shape index (κ3) is 3.84. The Hall–Kier alpha value is -1.27. The maximum atomic E-state index is 12.6. The van der Waals surface area contributed by atoms with Gasteiger partial charge < -0.3 is 10.0 Å². The molecule has 0 radical (unpaired) electrons. The smallest absolute Gasteiger partial charge is 0.393 e. The molecule has 1 rings (SSSR count). The fraction of sp³-hybridized carbons (Fsp3) is 0.833. The van der Waals surface area contributed by atoms with Crippen LogP contribution >= 0.6 is 0 Å². The maximum Gasteiger partial charge on any atom is 0.393 e. The molecule has 19 heavy (non-hydrogen) atoms. The number of amides is 1. The number of piperidine rings is 1. The van der Waals surface area contributed by atoms with Gasteiger partial charge in [0.15, 0.2) is 0 Å². The molecule has 1 saturated heterocycles. The molecule has 3 atom stereocenters. The molecule has 0 spiro atoms. The highest BCUT2D eigenvalue weighted by atomic mass is 19.4. The van der Waals surface area contributed by atoms with Gasteiger partial charge in [0.05, 0.1) is 11.8 Å². The summed E-state index contributed by atoms with van der Waals surface area (Å²) in [6, 6.07) is 0. The van der Waals surface area contributed by atoms with Crippen molar-refractivity contribution in [1.82, 2.24) is 4.90 Å². The lowest BCUT2D eigenvalue weighted by Crippen LogP contribution is -2.47. The number of carboxylic acids is 1. The first kappa shape index (κ1) is 15.8. The van der Waals surface area contributed by atoms with Crippen LogP contribution in [0.5, 0.6) is 0 Å². The van der Waals surface area contributed by atoms with Crippen molar-refractivity contribution in [3.05, 3.63) is 0 Å². The summed E-state index contributed by atoms with van der Waals surface area (Å²) >= 11 is 0. The fourth-order valence-electron chi connectivity index (χ4n) is 2.16. The number of aliphatic carboxylic acids is 1. The molecule has 0 aliphatic carbocycles. The molecule has 0 saturated carbocycles.